The fraction of sp³-hybridized carbons (Fsp3) is 0.143. The standard InChI is InChI=1S/C14H11Cl2N5O2/c1-2-21-6-5-11(20-21)12(22)17-14-19-18-13(23-14)9-7-8(15)3-4-10(9)16/h3-7H,2H2,1H3,(H,17,19,22). The van der Waals surface area contributed by atoms with Crippen LogP contribution in [0.1, 0.15) is 17.4 Å². The van der Waals surface area contributed by atoms with Crippen molar-refractivity contribution < 1.29 is 9.21 Å². The smallest absolute Gasteiger partial charge is 0.322 e. The molecule has 2 aromatic heterocycles. The lowest BCUT2D eigenvalue weighted by molar-refractivity contribution is 0.101. The lowest BCUT2D eigenvalue weighted by Gasteiger charge is -1.99. The number of nitrogens with one attached hydrogen (secondary N) is 1. The summed E-state index contributed by atoms with van der Waals surface area (Å²) in [5.74, 6) is -0.281. The van der Waals surface area contributed by atoms with Crippen molar-refractivity contribution in [2.45, 2.75) is 13.5 Å². The molecule has 3 rings (SSSR count). The Labute approximate surface area is 141 Å². The molecule has 118 valence electrons. The van der Waals surface area contributed by atoms with Crippen LogP contribution in [-0.2, 0) is 6.54 Å². The number of carbonyl (C=O) groups is 1. The quantitative estimate of drug-likeness (QED) is 0.777. The van der Waals surface area contributed by atoms with Crippen molar-refractivity contribution in [3.63, 3.8) is 0 Å². The first-order valence-electron chi connectivity index (χ1n) is 6.70. The van der Waals surface area contributed by atoms with Crippen LogP contribution >= 0.6 is 23.2 Å². The van der Waals surface area contributed by atoms with E-state index in [1.165, 1.54) is 0 Å². The van der Waals surface area contributed by atoms with Crippen molar-refractivity contribution >= 4 is 35.1 Å². The zero-order valence-corrected chi connectivity index (χ0v) is 13.5. The van der Waals surface area contributed by atoms with Crippen LogP contribution in [0.15, 0.2) is 34.9 Å². The molecule has 23 heavy (non-hydrogen) atoms. The maximum Gasteiger partial charge on any atom is 0.322 e. The third kappa shape index (κ3) is 3.35. The van der Waals surface area contributed by atoms with E-state index in [0.29, 0.717) is 22.2 Å². The topological polar surface area (TPSA) is 85.8 Å². The van der Waals surface area contributed by atoms with Crippen molar-refractivity contribution in [2.24, 2.45) is 0 Å². The molecule has 2 heterocycles. The number of hydrogen-bond acceptors (Lipinski definition) is 5. The first kappa shape index (κ1) is 15.5. The van der Waals surface area contributed by atoms with Crippen molar-refractivity contribution in [1.82, 2.24) is 20.0 Å². The van der Waals surface area contributed by atoms with Gasteiger partial charge in [0.25, 0.3) is 11.8 Å². The molecule has 0 saturated heterocycles. The minimum absolute atomic E-state index is 0.0490. The molecular weight excluding hydrogens is 341 g/mol. The van der Waals surface area contributed by atoms with Crippen molar-refractivity contribution in [1.29, 1.82) is 0 Å². The molecule has 3 aromatic rings. The van der Waals surface area contributed by atoms with Gasteiger partial charge >= 0.3 is 6.01 Å². The Bertz CT molecular complexity index is 858. The van der Waals surface area contributed by atoms with Gasteiger partial charge in [-0.3, -0.25) is 14.8 Å². The third-order valence-electron chi connectivity index (χ3n) is 3.00. The van der Waals surface area contributed by atoms with Crippen LogP contribution in [0.3, 0.4) is 0 Å². The molecule has 1 N–H and O–H groups in total. The highest BCUT2D eigenvalue weighted by Crippen LogP contribution is 2.30. The first-order valence-corrected chi connectivity index (χ1v) is 7.46. The summed E-state index contributed by atoms with van der Waals surface area (Å²) < 4.78 is 7.04. The molecule has 0 saturated carbocycles. The molecule has 7 nitrogen and oxygen atoms in total. The second-order valence-electron chi connectivity index (χ2n) is 4.55. The lowest BCUT2D eigenvalue weighted by atomic mass is 10.2. The van der Waals surface area contributed by atoms with Gasteiger partial charge in [-0.25, -0.2) is 0 Å². The minimum atomic E-state index is -0.440. The number of benzene rings is 1. The number of amides is 1. The van der Waals surface area contributed by atoms with Gasteiger partial charge in [0.1, 0.15) is 0 Å². The summed E-state index contributed by atoms with van der Waals surface area (Å²) in [6.07, 6.45) is 1.71. The molecule has 0 atom stereocenters. The van der Waals surface area contributed by atoms with Gasteiger partial charge in [0.15, 0.2) is 5.69 Å². The van der Waals surface area contributed by atoms with E-state index in [0.717, 1.165) is 0 Å². The number of halogens is 2. The minimum Gasteiger partial charge on any atom is -0.403 e. The Balaban J connectivity index is 1.79. The number of anilines is 1. The number of aryl methyl sites for hydroxylation is 1. The summed E-state index contributed by atoms with van der Waals surface area (Å²) in [5, 5.41) is 15.1. The average molecular weight is 352 g/mol. The van der Waals surface area contributed by atoms with Gasteiger partial charge in [-0.2, -0.15) is 5.10 Å². The normalized spacial score (nSPS) is 10.7. The largest absolute Gasteiger partial charge is 0.403 e. The molecule has 0 aliphatic heterocycles. The number of carbonyl (C=O) groups excluding carboxylic acids is 1. The SMILES string of the molecule is CCn1ccc(C(=O)Nc2nnc(-c3cc(Cl)ccc3Cl)o2)n1. The summed E-state index contributed by atoms with van der Waals surface area (Å²) in [5.41, 5.74) is 0.745. The van der Waals surface area contributed by atoms with Gasteiger partial charge in [-0.05, 0) is 31.2 Å². The summed E-state index contributed by atoms with van der Waals surface area (Å²) in [6.45, 7) is 2.60. The summed E-state index contributed by atoms with van der Waals surface area (Å²) in [4.78, 5) is 12.0. The highest BCUT2D eigenvalue weighted by atomic mass is 35.5. The van der Waals surface area contributed by atoms with Crippen molar-refractivity contribution in [3.8, 4) is 11.5 Å². The molecule has 0 aliphatic rings. The molecule has 0 fully saturated rings. The van der Waals surface area contributed by atoms with Gasteiger partial charge in [-0.1, -0.05) is 28.3 Å². The van der Waals surface area contributed by atoms with Crippen molar-refractivity contribution in [2.75, 3.05) is 5.32 Å². The summed E-state index contributed by atoms with van der Waals surface area (Å²) in [7, 11) is 0. The van der Waals surface area contributed by atoms with Crippen LogP contribution in [0, 0.1) is 0 Å². The van der Waals surface area contributed by atoms with E-state index in [1.54, 1.807) is 35.1 Å². The maximum atomic E-state index is 12.0. The van der Waals surface area contributed by atoms with E-state index in [4.69, 9.17) is 27.6 Å². The molecule has 1 aromatic carbocycles. The van der Waals surface area contributed by atoms with Gasteiger partial charge < -0.3 is 4.42 Å². The monoisotopic (exact) mass is 351 g/mol. The average Bonchev–Trinajstić information content (AvgIpc) is 3.18. The highest BCUT2D eigenvalue weighted by Gasteiger charge is 2.16. The molecule has 9 heteroatoms. The van der Waals surface area contributed by atoms with E-state index in [9.17, 15) is 4.79 Å². The second-order valence-corrected chi connectivity index (χ2v) is 5.39. The van der Waals surface area contributed by atoms with E-state index in [1.807, 2.05) is 6.92 Å². The van der Waals surface area contributed by atoms with E-state index in [2.05, 4.69) is 20.6 Å². The fourth-order valence-corrected chi connectivity index (χ4v) is 2.23. The molecule has 1 amide bonds. The van der Waals surface area contributed by atoms with Crippen molar-refractivity contribution in [3.05, 3.63) is 46.2 Å². The zero-order valence-electron chi connectivity index (χ0n) is 12.0. The van der Waals surface area contributed by atoms with E-state index in [-0.39, 0.29) is 17.6 Å². The predicted octanol–water partition coefficient (Wildman–Crippen LogP) is 3.51. The van der Waals surface area contributed by atoms with Crippen LogP contribution in [0.4, 0.5) is 6.01 Å². The molecule has 0 aliphatic carbocycles. The Morgan fingerprint density at radius 1 is 1.30 bits per heavy atom. The van der Waals surface area contributed by atoms with E-state index >= 15 is 0 Å². The molecule has 0 bridgehead atoms. The summed E-state index contributed by atoms with van der Waals surface area (Å²) in [6, 6.07) is 6.43. The number of nitrogens with zero attached hydrogens (tertiary/aromatic N) is 4. The van der Waals surface area contributed by atoms with Crippen LogP contribution in [0.25, 0.3) is 11.5 Å². The van der Waals surface area contributed by atoms with Crippen LogP contribution in [-0.4, -0.2) is 25.9 Å². The molecular formula is C14H11Cl2N5O2. The van der Waals surface area contributed by atoms with Gasteiger partial charge in [0, 0.05) is 17.8 Å². The van der Waals surface area contributed by atoms with Gasteiger partial charge in [0.2, 0.25) is 0 Å². The number of hydrogen-bond donors (Lipinski definition) is 1. The van der Waals surface area contributed by atoms with Crippen LogP contribution in [0.5, 0.6) is 0 Å². The first-order chi connectivity index (χ1) is 11.1. The second kappa shape index (κ2) is 6.39. The Kier molecular flexibility index (Phi) is 4.31. The zero-order chi connectivity index (χ0) is 16.4. The molecule has 0 spiro atoms. The Hall–Kier alpha value is -2.38. The Morgan fingerprint density at radius 2 is 2.13 bits per heavy atom. The van der Waals surface area contributed by atoms with E-state index < -0.39 is 5.91 Å². The third-order valence-corrected chi connectivity index (χ3v) is 3.57. The van der Waals surface area contributed by atoms with Gasteiger partial charge in [-0.15, -0.1) is 5.10 Å². The Morgan fingerprint density at radius 3 is 2.87 bits per heavy atom. The lowest BCUT2D eigenvalue weighted by Crippen LogP contribution is -2.13. The number of rotatable bonds is 4. The fourth-order valence-electron chi connectivity index (χ4n) is 1.86. The van der Waals surface area contributed by atoms with Gasteiger partial charge in [0.05, 0.1) is 10.6 Å². The predicted molar refractivity (Wildman–Crippen MR) is 85.6 cm³/mol. The highest BCUT2D eigenvalue weighted by molar-refractivity contribution is 6.35. The molecule has 0 radical (unpaired) electrons. The van der Waals surface area contributed by atoms with Crippen LogP contribution in [0.2, 0.25) is 10.0 Å². The van der Waals surface area contributed by atoms with Crippen LogP contribution < -0.4 is 5.32 Å². The summed E-state index contributed by atoms with van der Waals surface area (Å²) >= 11 is 12.0. The number of aromatic nitrogens is 4. The molecule has 0 unspecified atom stereocenters. The maximum absolute atomic E-state index is 12.0.